The first-order valence-electron chi connectivity index (χ1n) is 9.65. The van der Waals surface area contributed by atoms with Crippen molar-refractivity contribution >= 4 is 28.2 Å². The first-order valence-corrected chi connectivity index (χ1v) is 10.5. The number of amides is 1. The third-order valence-corrected chi connectivity index (χ3v) is 5.84. The fourth-order valence-corrected chi connectivity index (χ4v) is 4.33. The number of fused-ring (bicyclic) bond motifs is 1. The highest BCUT2D eigenvalue weighted by atomic mass is 32.1. The Hall–Kier alpha value is -3.13. The standard InChI is InChI=1S/C21H20N4O3S/c26-20(15-5-4-8-22-19(15)25-9-2-1-3-10-25)24-21-23-16(12-29-21)14-6-7-17-18(11-14)28-13-27-17/h4-8,11-12H,1-3,9-10,13H2,(H,23,24,26). The van der Waals surface area contributed by atoms with E-state index in [1.54, 1.807) is 12.3 Å². The van der Waals surface area contributed by atoms with Crippen molar-refractivity contribution in [2.24, 2.45) is 0 Å². The number of carbonyl (C=O) groups is 1. The number of anilines is 2. The quantitative estimate of drug-likeness (QED) is 0.698. The van der Waals surface area contributed by atoms with Gasteiger partial charge in [-0.05, 0) is 49.6 Å². The van der Waals surface area contributed by atoms with E-state index in [-0.39, 0.29) is 12.7 Å². The van der Waals surface area contributed by atoms with Crippen molar-refractivity contribution in [2.45, 2.75) is 19.3 Å². The number of benzene rings is 1. The largest absolute Gasteiger partial charge is 0.454 e. The summed E-state index contributed by atoms with van der Waals surface area (Å²) in [6, 6.07) is 9.32. The fraction of sp³-hybridized carbons (Fsp3) is 0.286. The molecule has 29 heavy (non-hydrogen) atoms. The molecule has 0 radical (unpaired) electrons. The molecule has 2 aliphatic heterocycles. The van der Waals surface area contributed by atoms with Crippen LogP contribution in [0.5, 0.6) is 11.5 Å². The van der Waals surface area contributed by atoms with E-state index >= 15 is 0 Å². The van der Waals surface area contributed by atoms with Crippen molar-refractivity contribution in [1.29, 1.82) is 0 Å². The zero-order valence-corrected chi connectivity index (χ0v) is 16.6. The summed E-state index contributed by atoms with van der Waals surface area (Å²) in [6.07, 6.45) is 5.22. The van der Waals surface area contributed by atoms with Crippen LogP contribution in [0.1, 0.15) is 29.6 Å². The van der Waals surface area contributed by atoms with Gasteiger partial charge in [0.25, 0.3) is 5.91 Å². The number of nitrogens with one attached hydrogen (secondary N) is 1. The summed E-state index contributed by atoms with van der Waals surface area (Å²) in [4.78, 5) is 24.2. The lowest BCUT2D eigenvalue weighted by Gasteiger charge is -2.28. The minimum atomic E-state index is -0.190. The molecule has 0 bridgehead atoms. The van der Waals surface area contributed by atoms with Gasteiger partial charge in [-0.3, -0.25) is 10.1 Å². The predicted molar refractivity (Wildman–Crippen MR) is 112 cm³/mol. The topological polar surface area (TPSA) is 76.6 Å². The van der Waals surface area contributed by atoms with Gasteiger partial charge in [0, 0.05) is 30.2 Å². The Balaban J connectivity index is 1.35. The maximum atomic E-state index is 12.9. The van der Waals surface area contributed by atoms with Gasteiger partial charge >= 0.3 is 0 Å². The molecule has 1 N–H and O–H groups in total. The Morgan fingerprint density at radius 1 is 1.10 bits per heavy atom. The van der Waals surface area contributed by atoms with Crippen molar-refractivity contribution in [3.8, 4) is 22.8 Å². The number of hydrogen-bond acceptors (Lipinski definition) is 7. The Morgan fingerprint density at radius 2 is 1.97 bits per heavy atom. The molecule has 7 nitrogen and oxygen atoms in total. The summed E-state index contributed by atoms with van der Waals surface area (Å²) >= 11 is 1.39. The van der Waals surface area contributed by atoms with E-state index in [1.165, 1.54) is 17.8 Å². The molecule has 0 unspecified atom stereocenters. The Bertz CT molecular complexity index is 1050. The van der Waals surface area contributed by atoms with Gasteiger partial charge in [0.05, 0.1) is 11.3 Å². The van der Waals surface area contributed by atoms with E-state index in [0.29, 0.717) is 16.4 Å². The number of aromatic nitrogens is 2. The summed E-state index contributed by atoms with van der Waals surface area (Å²) in [6.45, 7) is 2.10. The monoisotopic (exact) mass is 408 g/mol. The van der Waals surface area contributed by atoms with Crippen molar-refractivity contribution in [3.63, 3.8) is 0 Å². The third-order valence-electron chi connectivity index (χ3n) is 5.08. The fourth-order valence-electron chi connectivity index (χ4n) is 3.62. The van der Waals surface area contributed by atoms with Crippen LogP contribution in [-0.4, -0.2) is 35.8 Å². The number of ether oxygens (including phenoxy) is 2. The van der Waals surface area contributed by atoms with Crippen LogP contribution in [0.2, 0.25) is 0 Å². The van der Waals surface area contributed by atoms with Gasteiger partial charge in [-0.1, -0.05) is 0 Å². The number of nitrogens with zero attached hydrogens (tertiary/aromatic N) is 3. The van der Waals surface area contributed by atoms with Crippen LogP contribution in [0.3, 0.4) is 0 Å². The van der Waals surface area contributed by atoms with Crippen LogP contribution < -0.4 is 19.7 Å². The molecule has 2 aromatic heterocycles. The number of piperidine rings is 1. The van der Waals surface area contributed by atoms with Crippen LogP contribution in [0.4, 0.5) is 10.9 Å². The highest BCUT2D eigenvalue weighted by Crippen LogP contribution is 2.36. The molecule has 5 rings (SSSR count). The van der Waals surface area contributed by atoms with Gasteiger partial charge < -0.3 is 14.4 Å². The molecule has 1 amide bonds. The van der Waals surface area contributed by atoms with Crippen LogP contribution >= 0.6 is 11.3 Å². The number of thiazole rings is 1. The zero-order valence-electron chi connectivity index (χ0n) is 15.8. The van der Waals surface area contributed by atoms with E-state index in [4.69, 9.17) is 9.47 Å². The summed E-state index contributed by atoms with van der Waals surface area (Å²) in [5.41, 5.74) is 2.28. The lowest BCUT2D eigenvalue weighted by atomic mass is 10.1. The molecule has 1 fully saturated rings. The maximum Gasteiger partial charge on any atom is 0.261 e. The molecule has 0 atom stereocenters. The third kappa shape index (κ3) is 3.63. The molecule has 1 aromatic carbocycles. The lowest BCUT2D eigenvalue weighted by Crippen LogP contribution is -2.32. The average Bonchev–Trinajstić information content (AvgIpc) is 3.43. The molecule has 1 saturated heterocycles. The molecule has 0 saturated carbocycles. The van der Waals surface area contributed by atoms with Crippen molar-refractivity contribution in [2.75, 3.05) is 30.1 Å². The molecule has 0 aliphatic carbocycles. The molecule has 2 aliphatic rings. The number of hydrogen-bond donors (Lipinski definition) is 1. The summed E-state index contributed by atoms with van der Waals surface area (Å²) in [7, 11) is 0. The van der Waals surface area contributed by atoms with Gasteiger partial charge in [0.1, 0.15) is 5.82 Å². The first-order chi connectivity index (χ1) is 14.3. The normalized spacial score (nSPS) is 15.4. The molecular weight excluding hydrogens is 388 g/mol. The van der Waals surface area contributed by atoms with E-state index in [1.807, 2.05) is 29.6 Å². The predicted octanol–water partition coefficient (Wildman–Crippen LogP) is 4.18. The van der Waals surface area contributed by atoms with E-state index in [0.717, 1.165) is 48.8 Å². The number of pyridine rings is 1. The molecule has 148 valence electrons. The van der Waals surface area contributed by atoms with Crippen LogP contribution in [0.15, 0.2) is 41.9 Å². The van der Waals surface area contributed by atoms with E-state index in [9.17, 15) is 4.79 Å². The second kappa shape index (κ2) is 7.71. The highest BCUT2D eigenvalue weighted by molar-refractivity contribution is 7.14. The van der Waals surface area contributed by atoms with Crippen LogP contribution in [0, 0.1) is 0 Å². The molecule has 4 heterocycles. The minimum Gasteiger partial charge on any atom is -0.454 e. The molecule has 0 spiro atoms. The second-order valence-electron chi connectivity index (χ2n) is 6.98. The number of carbonyl (C=O) groups excluding carboxylic acids is 1. The Labute approximate surface area is 172 Å². The second-order valence-corrected chi connectivity index (χ2v) is 7.84. The van der Waals surface area contributed by atoms with Crippen LogP contribution in [-0.2, 0) is 0 Å². The molecule has 8 heteroatoms. The summed E-state index contributed by atoms with van der Waals surface area (Å²) in [5.74, 6) is 2.00. The van der Waals surface area contributed by atoms with Gasteiger partial charge in [-0.25, -0.2) is 9.97 Å². The molecule has 3 aromatic rings. The maximum absolute atomic E-state index is 12.9. The van der Waals surface area contributed by atoms with Crippen molar-refractivity contribution in [3.05, 3.63) is 47.5 Å². The van der Waals surface area contributed by atoms with Gasteiger partial charge in [0.2, 0.25) is 6.79 Å². The summed E-state index contributed by atoms with van der Waals surface area (Å²) < 4.78 is 10.8. The molecular formula is C21H20N4O3S. The van der Waals surface area contributed by atoms with Crippen molar-refractivity contribution < 1.29 is 14.3 Å². The Morgan fingerprint density at radius 3 is 2.86 bits per heavy atom. The smallest absolute Gasteiger partial charge is 0.261 e. The minimum absolute atomic E-state index is 0.190. The van der Waals surface area contributed by atoms with E-state index < -0.39 is 0 Å². The SMILES string of the molecule is O=C(Nc1nc(-c2ccc3c(c2)OCO3)cs1)c1cccnc1N1CCCCC1. The Kier molecular flexibility index (Phi) is 4.77. The van der Waals surface area contributed by atoms with Gasteiger partial charge in [-0.15, -0.1) is 11.3 Å². The van der Waals surface area contributed by atoms with E-state index in [2.05, 4.69) is 20.2 Å². The zero-order chi connectivity index (χ0) is 19.6. The van der Waals surface area contributed by atoms with Crippen LogP contribution in [0.25, 0.3) is 11.3 Å². The average molecular weight is 408 g/mol. The lowest BCUT2D eigenvalue weighted by molar-refractivity contribution is 0.102. The number of rotatable bonds is 4. The first kappa shape index (κ1) is 17.9. The highest BCUT2D eigenvalue weighted by Gasteiger charge is 2.21. The van der Waals surface area contributed by atoms with Gasteiger partial charge in [-0.2, -0.15) is 0 Å². The van der Waals surface area contributed by atoms with Crippen molar-refractivity contribution in [1.82, 2.24) is 9.97 Å². The van der Waals surface area contributed by atoms with Gasteiger partial charge in [0.15, 0.2) is 16.6 Å². The summed E-state index contributed by atoms with van der Waals surface area (Å²) in [5, 5.41) is 5.40.